The molecular formula is C76H54N6O4. The van der Waals surface area contributed by atoms with Gasteiger partial charge in [0, 0.05) is 43.1 Å². The Balaban J connectivity index is 0.861. The lowest BCUT2D eigenvalue weighted by molar-refractivity contribution is 0.795. The van der Waals surface area contributed by atoms with E-state index in [4.69, 9.17) is 19.9 Å². The van der Waals surface area contributed by atoms with Crippen LogP contribution in [0.2, 0.25) is 0 Å². The molecule has 0 aliphatic carbocycles. The predicted octanol–water partition coefficient (Wildman–Crippen LogP) is 17.2. The molecule has 0 spiro atoms. The number of benzene rings is 12. The van der Waals surface area contributed by atoms with Gasteiger partial charge in [0.2, 0.25) is 0 Å². The first-order chi connectivity index (χ1) is 41.7. The van der Waals surface area contributed by atoms with Gasteiger partial charge >= 0.3 is 0 Å². The van der Waals surface area contributed by atoms with Crippen molar-refractivity contribution in [1.82, 2.24) is 29.1 Å². The molecule has 17 rings (SSSR count). The van der Waals surface area contributed by atoms with E-state index in [2.05, 4.69) is 128 Å². The molecule has 0 radical (unpaired) electrons. The van der Waals surface area contributed by atoms with E-state index in [9.17, 15) is 0 Å². The minimum atomic E-state index is -0.307. The second-order valence-electron chi connectivity index (χ2n) is 24.9. The first-order valence-corrected chi connectivity index (χ1v) is 29.8. The molecule has 0 atom stereocenters. The Labute approximate surface area is 490 Å². The van der Waals surface area contributed by atoms with Gasteiger partial charge in [-0.05, 0) is 113 Å². The lowest BCUT2D eigenvalue weighted by Crippen LogP contribution is -2.26. The molecule has 412 valence electrons. The molecule has 10 heteroatoms. The fourth-order valence-corrected chi connectivity index (χ4v) is 14.9. The Morgan fingerprint density at radius 3 is 0.698 bits per heavy atom. The topological polar surface area (TPSA) is 130 Å². The van der Waals surface area contributed by atoms with Crippen molar-refractivity contribution in [3.63, 3.8) is 0 Å². The third-order valence-electron chi connectivity index (χ3n) is 18.8. The van der Waals surface area contributed by atoms with Crippen LogP contribution in [0.5, 0.6) is 0 Å². The summed E-state index contributed by atoms with van der Waals surface area (Å²) in [6, 6.07) is 53.0. The van der Waals surface area contributed by atoms with Gasteiger partial charge in [0.05, 0.1) is 77.1 Å². The fraction of sp³-hybridized carbons (Fsp3) is 0.158. The average molecular weight is 1120 g/mol. The normalized spacial score (nSPS) is 12.8. The molecule has 0 saturated carbocycles. The van der Waals surface area contributed by atoms with E-state index in [0.717, 1.165) is 153 Å². The number of hydrogen-bond acceptors (Lipinski definition) is 8. The predicted molar refractivity (Wildman–Crippen MR) is 356 cm³/mol. The minimum absolute atomic E-state index is 0.0800. The third-order valence-corrected chi connectivity index (χ3v) is 18.8. The number of para-hydroxylation sites is 2. The van der Waals surface area contributed by atoms with E-state index in [1.165, 1.54) is 9.13 Å². The number of fused-ring (bicyclic) bond motifs is 16. The highest BCUT2D eigenvalue weighted by molar-refractivity contribution is 6.41. The van der Waals surface area contributed by atoms with Gasteiger partial charge in [0.15, 0.2) is 0 Å². The Morgan fingerprint density at radius 2 is 0.477 bits per heavy atom. The van der Waals surface area contributed by atoms with Crippen LogP contribution in [0.3, 0.4) is 0 Å². The van der Waals surface area contributed by atoms with E-state index in [0.29, 0.717) is 32.9 Å². The van der Waals surface area contributed by atoms with Crippen molar-refractivity contribution >= 4 is 152 Å². The molecule has 13 aromatic carbocycles. The van der Waals surface area contributed by atoms with Gasteiger partial charge in [-0.25, -0.2) is 29.1 Å². The minimum Gasteiger partial charge on any atom is -0.268 e. The molecule has 0 aliphatic heterocycles. The van der Waals surface area contributed by atoms with Crippen molar-refractivity contribution in [2.24, 2.45) is 0 Å². The van der Waals surface area contributed by atoms with Crippen LogP contribution < -0.4 is 22.2 Å². The van der Waals surface area contributed by atoms with Crippen LogP contribution >= 0.6 is 0 Å². The van der Waals surface area contributed by atoms with Crippen LogP contribution in [-0.2, 0) is 0 Å². The van der Waals surface area contributed by atoms with Crippen molar-refractivity contribution < 1.29 is 0 Å². The summed E-state index contributed by atoms with van der Waals surface area (Å²) in [5.41, 5.74) is 9.81. The third kappa shape index (κ3) is 6.55. The van der Waals surface area contributed by atoms with Crippen LogP contribution in [0.25, 0.3) is 163 Å². The van der Waals surface area contributed by atoms with E-state index >= 15 is 19.2 Å². The lowest BCUT2D eigenvalue weighted by Gasteiger charge is -2.19. The standard InChI is InChI=1S/C76H54N6O4/c1-35(2)43-15-9-16-44(36(3)4)71(43)81-73(83)63-47-19-11-23-51-59(47)60-48(64(63)74(81)84)20-12-24-52(60)68-67(51)77-55-31-39-27-29-41-33-57-58(34-42(41)30-28-40(39)32-56(55)78-68)80-70-54-26-14-22-50-62(54)61-49(21-13-25-53(61)69(70)79-57)65-66(50)76(86)82(75(65)85)72-45(37(5)6)17-10-18-46(72)38(7)8/h9-38H,1-8H3. The second kappa shape index (κ2) is 17.6. The molecule has 0 fully saturated rings. The van der Waals surface area contributed by atoms with Crippen molar-refractivity contribution in [3.8, 4) is 11.4 Å². The molecule has 0 amide bonds. The number of hydrogen-bond donors (Lipinski definition) is 0. The van der Waals surface area contributed by atoms with Crippen LogP contribution in [0, 0.1) is 0 Å². The maximum Gasteiger partial charge on any atom is 0.266 e. The Morgan fingerprint density at radius 1 is 0.267 bits per heavy atom. The molecule has 4 heterocycles. The molecule has 4 aromatic heterocycles. The highest BCUT2D eigenvalue weighted by atomic mass is 16.2. The van der Waals surface area contributed by atoms with E-state index in [-0.39, 0.29) is 45.9 Å². The second-order valence-corrected chi connectivity index (χ2v) is 24.9. The lowest BCUT2D eigenvalue weighted by atomic mass is 9.89. The Kier molecular flexibility index (Phi) is 10.3. The summed E-state index contributed by atoms with van der Waals surface area (Å²) >= 11 is 0. The SMILES string of the molecule is CC(C)c1cccc(C(C)C)c1-n1c(=O)c2c3cccc4c5nc6cc7ccc8cc9nc%10c%11cccc%12c%13c(=O)n(-c%14c(C(C)C)cccc%14C(C)C)c(=O)c%13c%13cccc(c%10nc9cc8ccc7cc6nc5c5cccc(c2c1=O)c5c43)c%13c%11%12. The van der Waals surface area contributed by atoms with Crippen molar-refractivity contribution in [1.29, 1.82) is 0 Å². The van der Waals surface area contributed by atoms with Crippen molar-refractivity contribution in [2.45, 2.75) is 79.1 Å². The highest BCUT2D eigenvalue weighted by Gasteiger charge is 2.30. The van der Waals surface area contributed by atoms with Gasteiger partial charge in [0.25, 0.3) is 22.2 Å². The summed E-state index contributed by atoms with van der Waals surface area (Å²) < 4.78 is 2.90. The number of nitrogens with zero attached hydrogens (tertiary/aromatic N) is 6. The summed E-state index contributed by atoms with van der Waals surface area (Å²) in [4.78, 5) is 82.2. The van der Waals surface area contributed by atoms with Crippen LogP contribution in [0.4, 0.5) is 0 Å². The largest absolute Gasteiger partial charge is 0.268 e. The van der Waals surface area contributed by atoms with Crippen molar-refractivity contribution in [3.05, 3.63) is 221 Å². The zero-order chi connectivity index (χ0) is 58.6. The monoisotopic (exact) mass is 1110 g/mol. The molecule has 17 aromatic rings. The molecule has 0 bridgehead atoms. The van der Waals surface area contributed by atoms with Crippen LogP contribution in [0.15, 0.2) is 177 Å². The summed E-state index contributed by atoms with van der Waals surface area (Å²) in [7, 11) is 0. The first-order valence-electron chi connectivity index (χ1n) is 29.8. The first kappa shape index (κ1) is 50.2. The van der Waals surface area contributed by atoms with Gasteiger partial charge in [-0.3, -0.25) is 19.2 Å². The highest BCUT2D eigenvalue weighted by Crippen LogP contribution is 2.46. The average Bonchev–Trinajstić information content (AvgIpc) is 1.33. The Bertz CT molecular complexity index is 5460. The van der Waals surface area contributed by atoms with Gasteiger partial charge in [0.1, 0.15) is 0 Å². The smallest absolute Gasteiger partial charge is 0.266 e. The molecular weight excluding hydrogens is 1060 g/mol. The zero-order valence-electron chi connectivity index (χ0n) is 48.6. The molecule has 10 nitrogen and oxygen atoms in total. The molecule has 0 N–H and O–H groups in total. The Hall–Kier alpha value is -10.3. The van der Waals surface area contributed by atoms with Gasteiger partial charge in [-0.2, -0.15) is 0 Å². The van der Waals surface area contributed by atoms with Crippen molar-refractivity contribution in [2.75, 3.05) is 0 Å². The molecule has 86 heavy (non-hydrogen) atoms. The van der Waals surface area contributed by atoms with Crippen LogP contribution in [0.1, 0.15) is 101 Å². The maximum absolute atomic E-state index is 15.1. The quantitative estimate of drug-likeness (QED) is 0.119. The summed E-state index contributed by atoms with van der Waals surface area (Å²) in [5.74, 6) is 0.320. The molecule has 0 saturated heterocycles. The van der Waals surface area contributed by atoms with Crippen LogP contribution in [-0.4, -0.2) is 29.1 Å². The molecule has 0 aliphatic rings. The van der Waals surface area contributed by atoms with Gasteiger partial charge < -0.3 is 0 Å². The van der Waals surface area contributed by atoms with E-state index < -0.39 is 0 Å². The van der Waals surface area contributed by atoms with E-state index in [1.807, 2.05) is 84.9 Å². The van der Waals surface area contributed by atoms with Gasteiger partial charge in [-0.1, -0.05) is 189 Å². The zero-order valence-corrected chi connectivity index (χ0v) is 48.6. The summed E-state index contributed by atoms with van der Waals surface area (Å²) in [6.45, 7) is 16.8. The summed E-state index contributed by atoms with van der Waals surface area (Å²) in [6.07, 6.45) is 0. The fourth-order valence-electron chi connectivity index (χ4n) is 14.9. The number of rotatable bonds is 6. The molecule has 0 unspecified atom stereocenters. The maximum atomic E-state index is 15.1. The van der Waals surface area contributed by atoms with E-state index in [1.54, 1.807) is 0 Å². The number of aromatic nitrogens is 6. The van der Waals surface area contributed by atoms with Gasteiger partial charge in [-0.15, -0.1) is 0 Å². The summed E-state index contributed by atoms with van der Waals surface area (Å²) in [5, 5.41) is 15.6.